The third kappa shape index (κ3) is 5.79. The maximum absolute atomic E-state index is 12.8. The minimum atomic E-state index is -0.460. The van der Waals surface area contributed by atoms with Gasteiger partial charge in [0, 0.05) is 34.8 Å². The maximum atomic E-state index is 12.8. The lowest BCUT2D eigenvalue weighted by molar-refractivity contribution is -0.129. The van der Waals surface area contributed by atoms with Crippen LogP contribution < -0.4 is 10.6 Å². The van der Waals surface area contributed by atoms with E-state index in [2.05, 4.69) is 10.6 Å². The fraction of sp³-hybridized carbons (Fsp3) is 0.417. The van der Waals surface area contributed by atoms with Gasteiger partial charge in [-0.25, -0.2) is 4.79 Å². The van der Waals surface area contributed by atoms with Crippen LogP contribution in [-0.4, -0.2) is 47.5 Å². The lowest BCUT2D eigenvalue weighted by atomic mass is 10.0. The number of anilines is 2. The monoisotopic (exact) mass is 501 g/mol. The molecule has 3 amide bonds. The highest BCUT2D eigenvalue weighted by Gasteiger charge is 2.31. The van der Waals surface area contributed by atoms with Crippen LogP contribution in [0.15, 0.2) is 29.2 Å². The van der Waals surface area contributed by atoms with Crippen molar-refractivity contribution in [2.24, 2.45) is 5.92 Å². The molecule has 180 valence electrons. The molecule has 0 saturated heterocycles. The van der Waals surface area contributed by atoms with E-state index in [0.29, 0.717) is 35.8 Å². The summed E-state index contributed by atoms with van der Waals surface area (Å²) in [5.74, 6) is -0.423. The molecule has 0 bridgehead atoms. The zero-order valence-electron chi connectivity index (χ0n) is 19.1. The number of rotatable bonds is 8. The van der Waals surface area contributed by atoms with Crippen molar-refractivity contribution in [1.29, 1.82) is 0 Å². The molecule has 4 rings (SSSR count). The van der Waals surface area contributed by atoms with E-state index >= 15 is 0 Å². The molecular weight excluding hydrogens is 474 g/mol. The van der Waals surface area contributed by atoms with Gasteiger partial charge < -0.3 is 20.3 Å². The lowest BCUT2D eigenvalue weighted by Crippen LogP contribution is -2.34. The van der Waals surface area contributed by atoms with Crippen molar-refractivity contribution in [3.63, 3.8) is 0 Å². The highest BCUT2D eigenvalue weighted by Crippen LogP contribution is 2.38. The van der Waals surface area contributed by atoms with Crippen molar-refractivity contribution in [2.75, 3.05) is 29.5 Å². The quantitative estimate of drug-likeness (QED) is 0.420. The number of esters is 1. The largest absolute Gasteiger partial charge is 0.462 e. The van der Waals surface area contributed by atoms with E-state index in [9.17, 15) is 19.2 Å². The molecule has 0 unspecified atom stereocenters. The summed E-state index contributed by atoms with van der Waals surface area (Å²) in [7, 11) is 0. The Hall–Kier alpha value is -2.85. The standard InChI is InChI=1S/C24H27N3O5S2/c1-3-32-24(31)21-18-9-10-27(14(2)28)12-19(18)34-23(21)26-20(29)13-33-17-6-4-5-16(11-17)25-22(30)15-7-8-15/h4-6,11,15H,3,7-10,12-13H2,1-2H3,(H,25,30)(H,26,29). The van der Waals surface area contributed by atoms with Crippen molar-refractivity contribution in [3.05, 3.63) is 40.3 Å². The van der Waals surface area contributed by atoms with Crippen molar-refractivity contribution < 1.29 is 23.9 Å². The predicted molar refractivity (Wildman–Crippen MR) is 132 cm³/mol. The van der Waals surface area contributed by atoms with Gasteiger partial charge in [0.05, 0.1) is 24.5 Å². The third-order valence-corrected chi connectivity index (χ3v) is 7.78. The predicted octanol–water partition coefficient (Wildman–Crippen LogP) is 3.91. The zero-order valence-corrected chi connectivity index (χ0v) is 20.8. The Kier molecular flexibility index (Phi) is 7.57. The first-order valence-corrected chi connectivity index (χ1v) is 13.1. The number of nitrogens with zero attached hydrogens (tertiary/aromatic N) is 1. The molecule has 1 saturated carbocycles. The number of benzene rings is 1. The van der Waals surface area contributed by atoms with Gasteiger partial charge in [0.2, 0.25) is 17.7 Å². The van der Waals surface area contributed by atoms with Crippen LogP contribution in [0.1, 0.15) is 47.5 Å². The summed E-state index contributed by atoms with van der Waals surface area (Å²) in [4.78, 5) is 52.7. The van der Waals surface area contributed by atoms with Gasteiger partial charge in [-0.1, -0.05) is 6.07 Å². The Bertz CT molecular complexity index is 1130. The van der Waals surface area contributed by atoms with Crippen molar-refractivity contribution >= 4 is 57.5 Å². The number of thioether (sulfide) groups is 1. The number of amides is 3. The number of fused-ring (bicyclic) bond motifs is 1. The molecule has 0 atom stereocenters. The molecule has 2 aromatic rings. The average Bonchev–Trinajstić information content (AvgIpc) is 3.59. The van der Waals surface area contributed by atoms with E-state index in [4.69, 9.17) is 4.74 Å². The Morgan fingerprint density at radius 3 is 2.71 bits per heavy atom. The second kappa shape index (κ2) is 10.6. The van der Waals surface area contributed by atoms with Gasteiger partial charge in [0.1, 0.15) is 5.00 Å². The Balaban J connectivity index is 1.43. The summed E-state index contributed by atoms with van der Waals surface area (Å²) in [6.07, 6.45) is 2.42. The van der Waals surface area contributed by atoms with Crippen LogP contribution >= 0.6 is 23.1 Å². The molecule has 10 heteroatoms. The molecule has 1 aliphatic carbocycles. The van der Waals surface area contributed by atoms with E-state index < -0.39 is 5.97 Å². The molecule has 1 fully saturated rings. The van der Waals surface area contributed by atoms with Gasteiger partial charge in [0.15, 0.2) is 0 Å². The number of hydrogen-bond donors (Lipinski definition) is 2. The van der Waals surface area contributed by atoms with Gasteiger partial charge in [-0.2, -0.15) is 0 Å². The Labute approximate surface area is 206 Å². The van der Waals surface area contributed by atoms with Gasteiger partial charge in [-0.3, -0.25) is 14.4 Å². The fourth-order valence-corrected chi connectivity index (χ4v) is 5.77. The number of thiophene rings is 1. The summed E-state index contributed by atoms with van der Waals surface area (Å²) < 4.78 is 5.24. The molecule has 0 radical (unpaired) electrons. The van der Waals surface area contributed by atoms with E-state index in [-0.39, 0.29) is 36.0 Å². The SMILES string of the molecule is CCOC(=O)c1c(NC(=O)CSc2cccc(NC(=O)C3CC3)c2)sc2c1CCN(C(C)=O)C2. The van der Waals surface area contributed by atoms with Gasteiger partial charge >= 0.3 is 5.97 Å². The maximum Gasteiger partial charge on any atom is 0.341 e. The first kappa shape index (κ1) is 24.3. The molecule has 1 aromatic carbocycles. The van der Waals surface area contributed by atoms with E-state index in [0.717, 1.165) is 28.2 Å². The summed E-state index contributed by atoms with van der Waals surface area (Å²) >= 11 is 2.67. The Morgan fingerprint density at radius 1 is 1.21 bits per heavy atom. The van der Waals surface area contributed by atoms with Crippen molar-refractivity contribution in [3.8, 4) is 0 Å². The molecule has 1 aliphatic heterocycles. The first-order chi connectivity index (χ1) is 16.4. The van der Waals surface area contributed by atoms with Crippen LogP contribution in [-0.2, 0) is 32.1 Å². The normalized spacial score (nSPS) is 14.8. The summed E-state index contributed by atoms with van der Waals surface area (Å²) in [6, 6.07) is 7.41. The third-order valence-electron chi connectivity index (χ3n) is 5.65. The Morgan fingerprint density at radius 2 is 2.00 bits per heavy atom. The number of hydrogen-bond acceptors (Lipinski definition) is 7. The average molecular weight is 502 g/mol. The summed E-state index contributed by atoms with van der Waals surface area (Å²) in [6.45, 7) is 4.45. The van der Waals surface area contributed by atoms with Crippen LogP contribution in [0.4, 0.5) is 10.7 Å². The van der Waals surface area contributed by atoms with Crippen LogP contribution in [0.25, 0.3) is 0 Å². The molecule has 2 N–H and O–H groups in total. The van der Waals surface area contributed by atoms with Crippen LogP contribution in [0.3, 0.4) is 0 Å². The minimum absolute atomic E-state index is 0.0192. The first-order valence-electron chi connectivity index (χ1n) is 11.3. The fourth-order valence-electron chi connectivity index (χ4n) is 3.74. The number of carbonyl (C=O) groups excluding carboxylic acids is 4. The van der Waals surface area contributed by atoms with Gasteiger partial charge in [-0.05, 0) is 49.9 Å². The molecular formula is C24H27N3O5S2. The molecule has 34 heavy (non-hydrogen) atoms. The van der Waals surface area contributed by atoms with Crippen LogP contribution in [0, 0.1) is 5.92 Å². The van der Waals surface area contributed by atoms with Crippen LogP contribution in [0.5, 0.6) is 0 Å². The number of ether oxygens (including phenoxy) is 1. The van der Waals surface area contributed by atoms with E-state index in [1.54, 1.807) is 11.8 Å². The topological polar surface area (TPSA) is 105 Å². The van der Waals surface area contributed by atoms with Crippen LogP contribution in [0.2, 0.25) is 0 Å². The number of carbonyl (C=O) groups is 4. The van der Waals surface area contributed by atoms with E-state index in [1.807, 2.05) is 24.3 Å². The molecule has 2 heterocycles. The molecule has 0 spiro atoms. The smallest absolute Gasteiger partial charge is 0.341 e. The zero-order chi connectivity index (χ0) is 24.2. The number of nitrogens with one attached hydrogen (secondary N) is 2. The van der Waals surface area contributed by atoms with Crippen molar-refractivity contribution in [2.45, 2.75) is 44.6 Å². The second-order valence-electron chi connectivity index (χ2n) is 8.25. The molecule has 1 aromatic heterocycles. The highest BCUT2D eigenvalue weighted by atomic mass is 32.2. The molecule has 8 nitrogen and oxygen atoms in total. The second-order valence-corrected chi connectivity index (χ2v) is 10.4. The van der Waals surface area contributed by atoms with Gasteiger partial charge in [0.25, 0.3) is 0 Å². The highest BCUT2D eigenvalue weighted by molar-refractivity contribution is 8.00. The summed E-state index contributed by atoms with van der Waals surface area (Å²) in [5, 5.41) is 6.25. The minimum Gasteiger partial charge on any atom is -0.462 e. The van der Waals surface area contributed by atoms with Gasteiger partial charge in [-0.15, -0.1) is 23.1 Å². The lowest BCUT2D eigenvalue weighted by Gasteiger charge is -2.25. The molecule has 2 aliphatic rings. The van der Waals surface area contributed by atoms with Crippen molar-refractivity contribution in [1.82, 2.24) is 4.90 Å². The van der Waals surface area contributed by atoms with E-state index in [1.165, 1.54) is 30.0 Å². The summed E-state index contributed by atoms with van der Waals surface area (Å²) in [5.41, 5.74) is 1.96.